The predicted molar refractivity (Wildman–Crippen MR) is 115 cm³/mol. The van der Waals surface area contributed by atoms with Gasteiger partial charge in [-0.05, 0) is 38.0 Å². The SMILES string of the molecule is CCNC(=NCCNC(=O)c1cccc(Br)c1)NC(C)C(C)C.I. The Kier molecular flexibility index (Phi) is 12.1. The lowest BCUT2D eigenvalue weighted by atomic mass is 10.1. The van der Waals surface area contributed by atoms with Crippen molar-refractivity contribution in [2.45, 2.75) is 33.7 Å². The van der Waals surface area contributed by atoms with Crippen LogP contribution in [0.5, 0.6) is 0 Å². The Morgan fingerprint density at radius 1 is 1.25 bits per heavy atom. The molecule has 1 rings (SSSR count). The van der Waals surface area contributed by atoms with E-state index >= 15 is 0 Å². The van der Waals surface area contributed by atoms with Gasteiger partial charge in [0.25, 0.3) is 5.91 Å². The third-order valence-corrected chi connectivity index (χ3v) is 3.96. The highest BCUT2D eigenvalue weighted by atomic mass is 127. The summed E-state index contributed by atoms with van der Waals surface area (Å²) in [6.45, 7) is 10.3. The molecular formula is C17H28BrIN4O. The van der Waals surface area contributed by atoms with Crippen molar-refractivity contribution in [2.75, 3.05) is 19.6 Å². The van der Waals surface area contributed by atoms with Crippen LogP contribution in [0.2, 0.25) is 0 Å². The number of amides is 1. The van der Waals surface area contributed by atoms with Crippen LogP contribution in [0, 0.1) is 5.92 Å². The smallest absolute Gasteiger partial charge is 0.251 e. The number of rotatable bonds is 7. The fourth-order valence-corrected chi connectivity index (χ4v) is 2.17. The first-order valence-corrected chi connectivity index (χ1v) is 8.82. The molecule has 0 aromatic heterocycles. The molecule has 7 heteroatoms. The quantitative estimate of drug-likeness (QED) is 0.228. The number of carbonyl (C=O) groups is 1. The van der Waals surface area contributed by atoms with Crippen LogP contribution in [0.4, 0.5) is 0 Å². The molecule has 1 aromatic carbocycles. The molecule has 1 amide bonds. The average molecular weight is 511 g/mol. The van der Waals surface area contributed by atoms with E-state index in [9.17, 15) is 4.79 Å². The zero-order valence-corrected chi connectivity index (χ0v) is 18.6. The summed E-state index contributed by atoms with van der Waals surface area (Å²) in [7, 11) is 0. The number of nitrogens with one attached hydrogen (secondary N) is 3. The highest BCUT2D eigenvalue weighted by molar-refractivity contribution is 14.0. The lowest BCUT2D eigenvalue weighted by Gasteiger charge is -2.20. The molecule has 1 aromatic rings. The maximum absolute atomic E-state index is 12.0. The van der Waals surface area contributed by atoms with Crippen LogP contribution in [-0.2, 0) is 0 Å². The Hall–Kier alpha value is -0.830. The number of carbonyl (C=O) groups excluding carboxylic acids is 1. The first-order valence-electron chi connectivity index (χ1n) is 8.02. The number of guanidine groups is 1. The van der Waals surface area contributed by atoms with Crippen molar-refractivity contribution in [3.63, 3.8) is 0 Å². The van der Waals surface area contributed by atoms with Crippen LogP contribution in [0.3, 0.4) is 0 Å². The van der Waals surface area contributed by atoms with Gasteiger partial charge in [-0.15, -0.1) is 24.0 Å². The second kappa shape index (κ2) is 12.5. The normalized spacial score (nSPS) is 12.3. The van der Waals surface area contributed by atoms with Crippen molar-refractivity contribution in [3.8, 4) is 0 Å². The molecule has 0 bridgehead atoms. The van der Waals surface area contributed by atoms with E-state index in [0.717, 1.165) is 17.0 Å². The van der Waals surface area contributed by atoms with Gasteiger partial charge >= 0.3 is 0 Å². The number of hydrogen-bond donors (Lipinski definition) is 3. The first kappa shape index (κ1) is 23.2. The van der Waals surface area contributed by atoms with Gasteiger partial charge in [-0.1, -0.05) is 35.8 Å². The zero-order chi connectivity index (χ0) is 17.2. The van der Waals surface area contributed by atoms with Gasteiger partial charge in [-0.25, -0.2) is 0 Å². The summed E-state index contributed by atoms with van der Waals surface area (Å²) in [5.74, 6) is 1.22. The topological polar surface area (TPSA) is 65.5 Å². The lowest BCUT2D eigenvalue weighted by Crippen LogP contribution is -2.44. The Morgan fingerprint density at radius 2 is 1.96 bits per heavy atom. The minimum Gasteiger partial charge on any atom is -0.357 e. The van der Waals surface area contributed by atoms with Crippen molar-refractivity contribution >= 4 is 51.8 Å². The van der Waals surface area contributed by atoms with Crippen molar-refractivity contribution in [3.05, 3.63) is 34.3 Å². The largest absolute Gasteiger partial charge is 0.357 e. The molecule has 0 radical (unpaired) electrons. The molecule has 0 aliphatic heterocycles. The third-order valence-electron chi connectivity index (χ3n) is 3.46. The van der Waals surface area contributed by atoms with Crippen LogP contribution in [0.25, 0.3) is 0 Å². The summed E-state index contributed by atoms with van der Waals surface area (Å²) >= 11 is 3.36. The maximum atomic E-state index is 12.0. The molecule has 5 nitrogen and oxygen atoms in total. The Labute approximate surface area is 170 Å². The van der Waals surface area contributed by atoms with Crippen LogP contribution < -0.4 is 16.0 Å². The van der Waals surface area contributed by atoms with Gasteiger partial charge in [0.1, 0.15) is 0 Å². The van der Waals surface area contributed by atoms with Crippen molar-refractivity contribution in [2.24, 2.45) is 10.9 Å². The van der Waals surface area contributed by atoms with E-state index in [1.807, 2.05) is 19.1 Å². The molecule has 0 aliphatic rings. The molecule has 0 fully saturated rings. The summed E-state index contributed by atoms with van der Waals surface area (Å²) in [5.41, 5.74) is 0.641. The molecule has 3 N–H and O–H groups in total. The van der Waals surface area contributed by atoms with Gasteiger partial charge in [0, 0.05) is 29.2 Å². The molecule has 0 saturated carbocycles. The second-order valence-electron chi connectivity index (χ2n) is 5.70. The fraction of sp³-hybridized carbons (Fsp3) is 0.529. The lowest BCUT2D eigenvalue weighted by molar-refractivity contribution is 0.0954. The predicted octanol–water partition coefficient (Wildman–Crippen LogP) is 3.40. The second-order valence-corrected chi connectivity index (χ2v) is 6.62. The minimum absolute atomic E-state index is 0. The summed E-state index contributed by atoms with van der Waals surface area (Å²) in [6, 6.07) is 7.67. The van der Waals surface area contributed by atoms with Gasteiger partial charge in [0.05, 0.1) is 6.54 Å². The van der Waals surface area contributed by atoms with Crippen molar-refractivity contribution < 1.29 is 4.79 Å². The molecule has 1 atom stereocenters. The van der Waals surface area contributed by atoms with Crippen molar-refractivity contribution in [1.29, 1.82) is 0 Å². The van der Waals surface area contributed by atoms with E-state index in [1.165, 1.54) is 0 Å². The number of aliphatic imine (C=N–C) groups is 1. The fourth-order valence-electron chi connectivity index (χ4n) is 1.77. The Bertz CT molecular complexity index is 537. The van der Waals surface area contributed by atoms with Crippen LogP contribution in [-0.4, -0.2) is 37.5 Å². The third kappa shape index (κ3) is 8.86. The van der Waals surface area contributed by atoms with E-state index in [-0.39, 0.29) is 29.9 Å². The van der Waals surface area contributed by atoms with Gasteiger partial charge < -0.3 is 16.0 Å². The van der Waals surface area contributed by atoms with Gasteiger partial charge in [-0.3, -0.25) is 9.79 Å². The van der Waals surface area contributed by atoms with Gasteiger partial charge in [0.15, 0.2) is 5.96 Å². The van der Waals surface area contributed by atoms with Crippen LogP contribution in [0.15, 0.2) is 33.7 Å². The first-order chi connectivity index (χ1) is 10.9. The Morgan fingerprint density at radius 3 is 2.54 bits per heavy atom. The van der Waals surface area contributed by atoms with Crippen LogP contribution >= 0.6 is 39.9 Å². The van der Waals surface area contributed by atoms with E-state index in [2.05, 4.69) is 57.6 Å². The van der Waals surface area contributed by atoms with E-state index in [4.69, 9.17) is 0 Å². The molecule has 0 aliphatic carbocycles. The molecule has 24 heavy (non-hydrogen) atoms. The van der Waals surface area contributed by atoms with E-state index in [0.29, 0.717) is 30.6 Å². The molecule has 0 saturated heterocycles. The van der Waals surface area contributed by atoms with E-state index in [1.54, 1.807) is 12.1 Å². The summed E-state index contributed by atoms with van der Waals surface area (Å²) in [4.78, 5) is 16.5. The number of halogens is 2. The standard InChI is InChI=1S/C17H27BrN4O.HI/c1-5-19-17(22-13(4)12(2)3)21-10-9-20-16(23)14-7-6-8-15(18)11-14;/h6-8,11-13H,5,9-10H2,1-4H3,(H,20,23)(H2,19,21,22);1H. The molecule has 0 heterocycles. The highest BCUT2D eigenvalue weighted by Crippen LogP contribution is 2.11. The number of benzene rings is 1. The van der Waals surface area contributed by atoms with E-state index < -0.39 is 0 Å². The molecule has 0 spiro atoms. The number of hydrogen-bond acceptors (Lipinski definition) is 2. The zero-order valence-electron chi connectivity index (χ0n) is 14.7. The average Bonchev–Trinajstić information content (AvgIpc) is 2.51. The summed E-state index contributed by atoms with van der Waals surface area (Å²) < 4.78 is 0.893. The maximum Gasteiger partial charge on any atom is 0.251 e. The number of nitrogens with zero attached hydrogens (tertiary/aromatic N) is 1. The van der Waals surface area contributed by atoms with Crippen molar-refractivity contribution in [1.82, 2.24) is 16.0 Å². The van der Waals surface area contributed by atoms with Crippen LogP contribution in [0.1, 0.15) is 38.1 Å². The minimum atomic E-state index is -0.0880. The van der Waals surface area contributed by atoms with Gasteiger partial charge in [0.2, 0.25) is 0 Å². The molecule has 136 valence electrons. The highest BCUT2D eigenvalue weighted by Gasteiger charge is 2.09. The molecular weight excluding hydrogens is 483 g/mol. The Balaban J connectivity index is 0.00000529. The summed E-state index contributed by atoms with van der Waals surface area (Å²) in [6.07, 6.45) is 0. The van der Waals surface area contributed by atoms with Gasteiger partial charge in [-0.2, -0.15) is 0 Å². The monoisotopic (exact) mass is 510 g/mol. The molecule has 1 unspecified atom stereocenters. The summed E-state index contributed by atoms with van der Waals surface area (Å²) in [5, 5.41) is 9.46.